The minimum Gasteiger partial charge on any atom is -0.389 e. The van der Waals surface area contributed by atoms with E-state index in [0.717, 1.165) is 19.5 Å². The smallest absolute Gasteiger partial charge is 0.0748 e. The summed E-state index contributed by atoms with van der Waals surface area (Å²) in [6, 6.07) is 0. The molecule has 2 heteroatoms. The molecule has 0 aliphatic carbocycles. The summed E-state index contributed by atoms with van der Waals surface area (Å²) in [6.45, 7) is 9.99. The van der Waals surface area contributed by atoms with Gasteiger partial charge in [-0.3, -0.25) is 0 Å². The molecule has 2 rings (SSSR count). The quantitative estimate of drug-likeness (QED) is 0.641. The molecule has 0 radical (unpaired) electrons. The highest BCUT2D eigenvalue weighted by atomic mass is 16.3. The SMILES string of the molecule is CC(C)(C)C1(O)CCN2CCCC1C2. The first-order chi connectivity index (χ1) is 6.43. The fourth-order valence-electron chi connectivity index (χ4n) is 3.17. The predicted octanol–water partition coefficient (Wildman–Crippen LogP) is 1.88. The molecule has 2 aliphatic heterocycles. The third-order valence-electron chi connectivity index (χ3n) is 4.29. The van der Waals surface area contributed by atoms with E-state index < -0.39 is 5.60 Å². The van der Waals surface area contributed by atoms with Crippen molar-refractivity contribution in [2.24, 2.45) is 11.3 Å². The number of rotatable bonds is 0. The Balaban J connectivity index is 2.19. The summed E-state index contributed by atoms with van der Waals surface area (Å²) >= 11 is 0. The van der Waals surface area contributed by atoms with E-state index in [0.29, 0.717) is 5.92 Å². The molecule has 0 saturated carbocycles. The summed E-state index contributed by atoms with van der Waals surface area (Å²) in [5.74, 6) is 0.505. The molecule has 0 amide bonds. The van der Waals surface area contributed by atoms with E-state index >= 15 is 0 Å². The van der Waals surface area contributed by atoms with Gasteiger partial charge < -0.3 is 10.0 Å². The van der Waals surface area contributed by atoms with E-state index in [-0.39, 0.29) is 5.41 Å². The van der Waals surface area contributed by atoms with Gasteiger partial charge in [-0.15, -0.1) is 0 Å². The molecule has 0 aromatic carbocycles. The van der Waals surface area contributed by atoms with Gasteiger partial charge in [0.05, 0.1) is 5.60 Å². The number of hydrogen-bond acceptors (Lipinski definition) is 2. The van der Waals surface area contributed by atoms with Crippen molar-refractivity contribution in [1.29, 1.82) is 0 Å². The molecule has 14 heavy (non-hydrogen) atoms. The molecule has 2 heterocycles. The van der Waals surface area contributed by atoms with Gasteiger partial charge in [-0.05, 0) is 31.2 Å². The largest absolute Gasteiger partial charge is 0.389 e. The fourth-order valence-corrected chi connectivity index (χ4v) is 3.17. The first-order valence-corrected chi connectivity index (χ1v) is 5.88. The van der Waals surface area contributed by atoms with Gasteiger partial charge in [0.1, 0.15) is 0 Å². The molecule has 2 nitrogen and oxygen atoms in total. The lowest BCUT2D eigenvalue weighted by Gasteiger charge is -2.53. The summed E-state index contributed by atoms with van der Waals surface area (Å²) in [7, 11) is 0. The van der Waals surface area contributed by atoms with E-state index in [4.69, 9.17) is 0 Å². The predicted molar refractivity (Wildman–Crippen MR) is 58.2 cm³/mol. The third kappa shape index (κ3) is 1.49. The average molecular weight is 197 g/mol. The molecule has 2 fully saturated rings. The summed E-state index contributed by atoms with van der Waals surface area (Å²) in [4.78, 5) is 2.51. The van der Waals surface area contributed by atoms with Crippen molar-refractivity contribution in [1.82, 2.24) is 4.90 Å². The maximum Gasteiger partial charge on any atom is 0.0748 e. The van der Waals surface area contributed by atoms with Crippen LogP contribution in [0.15, 0.2) is 0 Å². The van der Waals surface area contributed by atoms with Crippen molar-refractivity contribution in [2.75, 3.05) is 19.6 Å². The van der Waals surface area contributed by atoms with Crippen LogP contribution in [0.2, 0.25) is 0 Å². The van der Waals surface area contributed by atoms with Crippen LogP contribution in [-0.4, -0.2) is 35.2 Å². The summed E-state index contributed by atoms with van der Waals surface area (Å²) in [6.07, 6.45) is 3.44. The first-order valence-electron chi connectivity index (χ1n) is 5.88. The molecule has 82 valence electrons. The third-order valence-corrected chi connectivity index (χ3v) is 4.29. The molecular formula is C12H23NO. The molecule has 3 atom stereocenters. The Bertz CT molecular complexity index is 221. The zero-order chi connectivity index (χ0) is 10.4. The van der Waals surface area contributed by atoms with Crippen LogP contribution in [0, 0.1) is 11.3 Å². The van der Waals surface area contributed by atoms with Crippen molar-refractivity contribution < 1.29 is 5.11 Å². The Morgan fingerprint density at radius 2 is 2.00 bits per heavy atom. The maximum atomic E-state index is 10.8. The number of fused-ring (bicyclic) bond motifs is 2. The molecule has 0 aromatic heterocycles. The highest BCUT2D eigenvalue weighted by Crippen LogP contribution is 2.45. The Morgan fingerprint density at radius 3 is 2.64 bits per heavy atom. The van der Waals surface area contributed by atoms with Crippen LogP contribution in [-0.2, 0) is 0 Å². The average Bonchev–Trinajstić information content (AvgIpc) is 2.11. The van der Waals surface area contributed by atoms with Gasteiger partial charge in [0.2, 0.25) is 0 Å². The van der Waals surface area contributed by atoms with Gasteiger partial charge in [0.15, 0.2) is 0 Å². The highest BCUT2D eigenvalue weighted by Gasteiger charge is 2.49. The zero-order valence-electron chi connectivity index (χ0n) is 9.71. The lowest BCUT2D eigenvalue weighted by atomic mass is 9.63. The minimum atomic E-state index is -0.427. The van der Waals surface area contributed by atoms with Crippen molar-refractivity contribution in [3.63, 3.8) is 0 Å². The lowest BCUT2D eigenvalue weighted by Crippen LogP contribution is -2.60. The van der Waals surface area contributed by atoms with E-state index in [9.17, 15) is 5.11 Å². The van der Waals surface area contributed by atoms with Gasteiger partial charge in [0.25, 0.3) is 0 Å². The second-order valence-corrected chi connectivity index (χ2v) is 6.06. The molecule has 3 unspecified atom stereocenters. The Kier molecular flexibility index (Phi) is 2.39. The second-order valence-electron chi connectivity index (χ2n) is 6.06. The minimum absolute atomic E-state index is 0.0289. The van der Waals surface area contributed by atoms with E-state index in [2.05, 4.69) is 25.7 Å². The van der Waals surface area contributed by atoms with Gasteiger partial charge in [-0.25, -0.2) is 0 Å². The van der Waals surface area contributed by atoms with Crippen LogP contribution in [0.4, 0.5) is 0 Å². The van der Waals surface area contributed by atoms with Gasteiger partial charge in [-0.1, -0.05) is 20.8 Å². The van der Waals surface area contributed by atoms with Crippen molar-refractivity contribution in [3.05, 3.63) is 0 Å². The van der Waals surface area contributed by atoms with Crippen molar-refractivity contribution in [3.8, 4) is 0 Å². The van der Waals surface area contributed by atoms with Crippen LogP contribution in [0.1, 0.15) is 40.0 Å². The lowest BCUT2D eigenvalue weighted by molar-refractivity contribution is -0.153. The molecule has 0 spiro atoms. The zero-order valence-corrected chi connectivity index (χ0v) is 9.71. The Morgan fingerprint density at radius 1 is 1.29 bits per heavy atom. The summed E-state index contributed by atoms with van der Waals surface area (Å²) in [5, 5.41) is 10.8. The summed E-state index contributed by atoms with van der Waals surface area (Å²) < 4.78 is 0. The topological polar surface area (TPSA) is 23.5 Å². The van der Waals surface area contributed by atoms with Crippen LogP contribution in [0.25, 0.3) is 0 Å². The van der Waals surface area contributed by atoms with Crippen molar-refractivity contribution in [2.45, 2.75) is 45.6 Å². The van der Waals surface area contributed by atoms with Crippen LogP contribution in [0.3, 0.4) is 0 Å². The fraction of sp³-hybridized carbons (Fsp3) is 1.00. The Labute approximate surface area is 87.3 Å². The van der Waals surface area contributed by atoms with E-state index in [1.54, 1.807) is 0 Å². The Hall–Kier alpha value is -0.0800. The molecule has 2 aliphatic rings. The highest BCUT2D eigenvalue weighted by molar-refractivity contribution is 5.01. The van der Waals surface area contributed by atoms with E-state index in [1.165, 1.54) is 19.4 Å². The number of nitrogens with zero attached hydrogens (tertiary/aromatic N) is 1. The molecular weight excluding hydrogens is 174 g/mol. The van der Waals surface area contributed by atoms with Crippen LogP contribution >= 0.6 is 0 Å². The van der Waals surface area contributed by atoms with Crippen molar-refractivity contribution >= 4 is 0 Å². The van der Waals surface area contributed by atoms with Crippen LogP contribution < -0.4 is 0 Å². The van der Waals surface area contributed by atoms with Gasteiger partial charge >= 0.3 is 0 Å². The normalized spacial score (nSPS) is 43.7. The first kappa shape index (κ1) is 10.4. The van der Waals surface area contributed by atoms with Gasteiger partial charge in [-0.2, -0.15) is 0 Å². The number of hydrogen-bond donors (Lipinski definition) is 1. The molecule has 1 N–H and O–H groups in total. The van der Waals surface area contributed by atoms with Gasteiger partial charge in [0, 0.05) is 19.0 Å². The molecule has 2 bridgehead atoms. The number of piperidine rings is 2. The molecule has 2 saturated heterocycles. The molecule has 0 aromatic rings. The second kappa shape index (κ2) is 3.21. The van der Waals surface area contributed by atoms with Crippen LogP contribution in [0.5, 0.6) is 0 Å². The van der Waals surface area contributed by atoms with E-state index in [1.807, 2.05) is 0 Å². The standard InChI is InChI=1S/C12H23NO/c1-11(2,3)12(14)6-8-13-7-4-5-10(12)9-13/h10,14H,4-9H2,1-3H3. The summed E-state index contributed by atoms with van der Waals surface area (Å²) in [5.41, 5.74) is -0.398. The number of aliphatic hydroxyl groups is 1. The monoisotopic (exact) mass is 197 g/mol. The maximum absolute atomic E-state index is 10.8.